The van der Waals surface area contributed by atoms with Crippen LogP contribution in [0.5, 0.6) is 0 Å². The number of hydrogen-bond donors (Lipinski definition) is 2. The molecule has 2 rings (SSSR count). The topological polar surface area (TPSA) is 44.9 Å². The Kier molecular flexibility index (Phi) is 3.76. The molecule has 0 aliphatic carbocycles. The SMILES string of the molecule is O=C(Nc1ccc(Cl)cc1Cl)c1cc(Br)c[nH]1. The summed E-state index contributed by atoms with van der Waals surface area (Å²) in [6.07, 6.45) is 1.68. The van der Waals surface area contributed by atoms with E-state index in [0.29, 0.717) is 21.4 Å². The van der Waals surface area contributed by atoms with Crippen molar-refractivity contribution in [3.05, 3.63) is 50.7 Å². The van der Waals surface area contributed by atoms with Gasteiger partial charge in [-0.1, -0.05) is 23.2 Å². The van der Waals surface area contributed by atoms with Gasteiger partial charge in [0, 0.05) is 15.7 Å². The number of benzene rings is 1. The first kappa shape index (κ1) is 12.5. The summed E-state index contributed by atoms with van der Waals surface area (Å²) in [5, 5.41) is 3.61. The van der Waals surface area contributed by atoms with Gasteiger partial charge < -0.3 is 10.3 Å². The lowest BCUT2D eigenvalue weighted by atomic mass is 10.3. The first-order chi connectivity index (χ1) is 8.06. The number of aromatic nitrogens is 1. The number of nitrogens with one attached hydrogen (secondary N) is 2. The van der Waals surface area contributed by atoms with Gasteiger partial charge in [-0.3, -0.25) is 4.79 Å². The van der Waals surface area contributed by atoms with Crippen molar-refractivity contribution in [2.75, 3.05) is 5.32 Å². The van der Waals surface area contributed by atoms with Crippen LogP contribution in [0.3, 0.4) is 0 Å². The van der Waals surface area contributed by atoms with E-state index in [-0.39, 0.29) is 5.91 Å². The predicted octanol–water partition coefficient (Wildman–Crippen LogP) is 4.34. The fourth-order valence-electron chi connectivity index (χ4n) is 1.28. The van der Waals surface area contributed by atoms with Gasteiger partial charge in [-0.25, -0.2) is 0 Å². The molecule has 3 nitrogen and oxygen atoms in total. The van der Waals surface area contributed by atoms with E-state index in [1.54, 1.807) is 30.5 Å². The summed E-state index contributed by atoms with van der Waals surface area (Å²) >= 11 is 15.0. The molecule has 0 saturated carbocycles. The Balaban J connectivity index is 2.18. The maximum Gasteiger partial charge on any atom is 0.272 e. The van der Waals surface area contributed by atoms with Crippen molar-refractivity contribution in [3.8, 4) is 0 Å². The van der Waals surface area contributed by atoms with Crippen LogP contribution >= 0.6 is 39.1 Å². The maximum absolute atomic E-state index is 11.8. The molecule has 0 aliphatic heterocycles. The van der Waals surface area contributed by atoms with Crippen LogP contribution in [0.2, 0.25) is 10.0 Å². The minimum absolute atomic E-state index is 0.264. The number of anilines is 1. The Morgan fingerprint density at radius 3 is 2.65 bits per heavy atom. The summed E-state index contributed by atoms with van der Waals surface area (Å²) in [6.45, 7) is 0. The number of hydrogen-bond acceptors (Lipinski definition) is 1. The second-order valence-electron chi connectivity index (χ2n) is 3.31. The average Bonchev–Trinajstić information content (AvgIpc) is 2.69. The normalized spacial score (nSPS) is 10.3. The van der Waals surface area contributed by atoms with Gasteiger partial charge in [-0.2, -0.15) is 0 Å². The molecule has 2 N–H and O–H groups in total. The van der Waals surface area contributed by atoms with Crippen LogP contribution in [0.15, 0.2) is 34.9 Å². The Morgan fingerprint density at radius 1 is 1.29 bits per heavy atom. The van der Waals surface area contributed by atoms with Crippen LogP contribution in [0.1, 0.15) is 10.5 Å². The van der Waals surface area contributed by atoms with Gasteiger partial charge in [-0.15, -0.1) is 0 Å². The highest BCUT2D eigenvalue weighted by Gasteiger charge is 2.10. The number of halogens is 3. The first-order valence-electron chi connectivity index (χ1n) is 4.66. The molecule has 0 bridgehead atoms. The van der Waals surface area contributed by atoms with Crippen LogP contribution in [-0.2, 0) is 0 Å². The fourth-order valence-corrected chi connectivity index (χ4v) is 2.08. The number of aromatic amines is 1. The lowest BCUT2D eigenvalue weighted by molar-refractivity contribution is 0.102. The molecule has 1 aromatic carbocycles. The highest BCUT2D eigenvalue weighted by Crippen LogP contribution is 2.25. The van der Waals surface area contributed by atoms with Gasteiger partial charge in [0.2, 0.25) is 0 Å². The van der Waals surface area contributed by atoms with E-state index < -0.39 is 0 Å². The fraction of sp³-hybridized carbons (Fsp3) is 0. The third kappa shape index (κ3) is 3.03. The lowest BCUT2D eigenvalue weighted by Gasteiger charge is -2.06. The van der Waals surface area contributed by atoms with Crippen molar-refractivity contribution >= 4 is 50.7 Å². The van der Waals surface area contributed by atoms with Crippen LogP contribution < -0.4 is 5.32 Å². The van der Waals surface area contributed by atoms with E-state index in [0.717, 1.165) is 4.47 Å². The molecular weight excluding hydrogens is 327 g/mol. The predicted molar refractivity (Wildman–Crippen MR) is 72.9 cm³/mol. The molecule has 0 unspecified atom stereocenters. The van der Waals surface area contributed by atoms with Gasteiger partial charge >= 0.3 is 0 Å². The quantitative estimate of drug-likeness (QED) is 0.843. The summed E-state index contributed by atoms with van der Waals surface area (Å²) in [4.78, 5) is 14.6. The zero-order valence-electron chi connectivity index (χ0n) is 8.43. The van der Waals surface area contributed by atoms with Crippen molar-refractivity contribution in [2.24, 2.45) is 0 Å². The third-order valence-corrected chi connectivity index (χ3v) is 3.08. The highest BCUT2D eigenvalue weighted by molar-refractivity contribution is 9.10. The summed E-state index contributed by atoms with van der Waals surface area (Å²) in [5.74, 6) is -0.264. The number of carbonyl (C=O) groups excluding carboxylic acids is 1. The highest BCUT2D eigenvalue weighted by atomic mass is 79.9. The van der Waals surface area contributed by atoms with Crippen LogP contribution in [0.4, 0.5) is 5.69 Å². The molecule has 0 radical (unpaired) electrons. The van der Waals surface area contributed by atoms with Gasteiger partial charge in [-0.05, 0) is 40.2 Å². The molecule has 0 fully saturated rings. The van der Waals surface area contributed by atoms with E-state index in [4.69, 9.17) is 23.2 Å². The monoisotopic (exact) mass is 332 g/mol. The second-order valence-corrected chi connectivity index (χ2v) is 5.07. The Morgan fingerprint density at radius 2 is 2.06 bits per heavy atom. The van der Waals surface area contributed by atoms with Crippen molar-refractivity contribution in [3.63, 3.8) is 0 Å². The number of carbonyl (C=O) groups is 1. The maximum atomic E-state index is 11.8. The summed E-state index contributed by atoms with van der Waals surface area (Å²) in [6, 6.07) is 6.57. The molecular formula is C11H7BrCl2N2O. The molecule has 88 valence electrons. The van der Waals surface area contributed by atoms with Crippen LogP contribution in [0, 0.1) is 0 Å². The third-order valence-electron chi connectivity index (χ3n) is 2.07. The van der Waals surface area contributed by atoms with Crippen molar-refractivity contribution in [1.82, 2.24) is 4.98 Å². The van der Waals surface area contributed by atoms with Gasteiger partial charge in [0.15, 0.2) is 0 Å². The van der Waals surface area contributed by atoms with E-state index in [9.17, 15) is 4.79 Å². The van der Waals surface area contributed by atoms with Crippen LogP contribution in [0.25, 0.3) is 0 Å². The number of rotatable bonds is 2. The van der Waals surface area contributed by atoms with Crippen molar-refractivity contribution < 1.29 is 4.79 Å². The Labute approximate surface area is 116 Å². The summed E-state index contributed by atoms with van der Waals surface area (Å²) < 4.78 is 0.810. The van der Waals surface area contributed by atoms with E-state index >= 15 is 0 Å². The van der Waals surface area contributed by atoms with Gasteiger partial charge in [0.25, 0.3) is 5.91 Å². The molecule has 2 aromatic rings. The number of amides is 1. The summed E-state index contributed by atoms with van der Waals surface area (Å²) in [5.41, 5.74) is 0.967. The van der Waals surface area contributed by atoms with E-state index in [1.807, 2.05) is 0 Å². The molecule has 17 heavy (non-hydrogen) atoms. The minimum atomic E-state index is -0.264. The second kappa shape index (κ2) is 5.12. The Hall–Kier alpha value is -0.970. The largest absolute Gasteiger partial charge is 0.356 e. The lowest BCUT2D eigenvalue weighted by Crippen LogP contribution is -2.12. The van der Waals surface area contributed by atoms with Crippen molar-refractivity contribution in [2.45, 2.75) is 0 Å². The molecule has 1 heterocycles. The van der Waals surface area contributed by atoms with E-state index in [2.05, 4.69) is 26.2 Å². The standard InChI is InChI=1S/C11H7BrCl2N2O/c12-6-3-10(15-5-6)11(17)16-9-2-1-7(13)4-8(9)14/h1-5,15H,(H,16,17). The molecule has 0 saturated heterocycles. The molecule has 0 aliphatic rings. The molecule has 1 aromatic heterocycles. The smallest absolute Gasteiger partial charge is 0.272 e. The minimum Gasteiger partial charge on any atom is -0.356 e. The number of H-pyrrole nitrogens is 1. The zero-order chi connectivity index (χ0) is 12.4. The molecule has 0 spiro atoms. The first-order valence-corrected chi connectivity index (χ1v) is 6.21. The molecule has 1 amide bonds. The van der Waals surface area contributed by atoms with Crippen LogP contribution in [-0.4, -0.2) is 10.9 Å². The van der Waals surface area contributed by atoms with Gasteiger partial charge in [0.05, 0.1) is 10.7 Å². The summed E-state index contributed by atoms with van der Waals surface area (Å²) in [7, 11) is 0. The molecule has 6 heteroatoms. The van der Waals surface area contributed by atoms with Crippen molar-refractivity contribution in [1.29, 1.82) is 0 Å². The Bertz CT molecular complexity index is 568. The average molecular weight is 334 g/mol. The van der Waals surface area contributed by atoms with E-state index in [1.165, 1.54) is 0 Å². The molecule has 0 atom stereocenters. The van der Waals surface area contributed by atoms with Gasteiger partial charge in [0.1, 0.15) is 5.69 Å². The zero-order valence-corrected chi connectivity index (χ0v) is 11.5.